The van der Waals surface area contributed by atoms with E-state index in [9.17, 15) is 9.59 Å². The summed E-state index contributed by atoms with van der Waals surface area (Å²) < 4.78 is 10.0. The Kier molecular flexibility index (Phi) is 6.18. The summed E-state index contributed by atoms with van der Waals surface area (Å²) in [6, 6.07) is 4.79. The first-order valence-corrected chi connectivity index (χ1v) is 5.69. The summed E-state index contributed by atoms with van der Waals surface area (Å²) in [6.07, 6.45) is 0.629. The number of carbonyl (C=O) groups is 2. The van der Waals surface area contributed by atoms with Gasteiger partial charge in [-0.25, -0.2) is 0 Å². The molecule has 98 valence electrons. The summed E-state index contributed by atoms with van der Waals surface area (Å²) in [5.74, 6) is -0.0834. The molecule has 1 rings (SSSR count). The minimum Gasteiger partial charge on any atom is -0.481 e. The predicted molar refractivity (Wildman–Crippen MR) is 67.2 cm³/mol. The van der Waals surface area contributed by atoms with Crippen LogP contribution in [0.1, 0.15) is 10.4 Å². The SMILES string of the molecule is COCCNC(=O)COc1c(Cl)cccc1C=O. The molecule has 5 nitrogen and oxygen atoms in total. The molecule has 0 radical (unpaired) electrons. The quantitative estimate of drug-likeness (QED) is 0.600. The molecule has 18 heavy (non-hydrogen) atoms. The normalized spacial score (nSPS) is 9.89. The second-order valence-corrected chi connectivity index (χ2v) is 3.81. The average molecular weight is 272 g/mol. The average Bonchev–Trinajstić information content (AvgIpc) is 2.37. The first kappa shape index (κ1) is 14.5. The van der Waals surface area contributed by atoms with Crippen molar-refractivity contribution in [1.29, 1.82) is 0 Å². The molecule has 6 heteroatoms. The van der Waals surface area contributed by atoms with Gasteiger partial charge in [0.15, 0.2) is 12.9 Å². The molecule has 0 spiro atoms. The third kappa shape index (κ3) is 4.35. The molecule has 1 N–H and O–H groups in total. The number of hydrogen-bond donors (Lipinski definition) is 1. The number of halogens is 1. The zero-order chi connectivity index (χ0) is 13.4. The largest absolute Gasteiger partial charge is 0.481 e. The van der Waals surface area contributed by atoms with Gasteiger partial charge in [0.05, 0.1) is 17.2 Å². The van der Waals surface area contributed by atoms with Crippen LogP contribution in [0.5, 0.6) is 5.75 Å². The van der Waals surface area contributed by atoms with Gasteiger partial charge < -0.3 is 14.8 Å². The molecule has 1 aromatic carbocycles. The number of ether oxygens (including phenoxy) is 2. The fourth-order valence-electron chi connectivity index (χ4n) is 1.25. The van der Waals surface area contributed by atoms with E-state index in [1.807, 2.05) is 0 Å². The van der Waals surface area contributed by atoms with E-state index in [0.29, 0.717) is 30.0 Å². The van der Waals surface area contributed by atoms with Gasteiger partial charge in [-0.1, -0.05) is 17.7 Å². The molecular weight excluding hydrogens is 258 g/mol. The van der Waals surface area contributed by atoms with Crippen LogP contribution in [0.4, 0.5) is 0 Å². The summed E-state index contributed by atoms with van der Waals surface area (Å²) in [5.41, 5.74) is 0.312. The van der Waals surface area contributed by atoms with Crippen molar-refractivity contribution >= 4 is 23.8 Å². The highest BCUT2D eigenvalue weighted by Gasteiger charge is 2.09. The van der Waals surface area contributed by atoms with Gasteiger partial charge in [-0.15, -0.1) is 0 Å². The molecular formula is C12H14ClNO4. The molecule has 0 aliphatic carbocycles. The van der Waals surface area contributed by atoms with Crippen molar-refractivity contribution in [2.75, 3.05) is 26.9 Å². The van der Waals surface area contributed by atoms with Crippen LogP contribution in [0, 0.1) is 0 Å². The van der Waals surface area contributed by atoms with Gasteiger partial charge in [-0.3, -0.25) is 9.59 Å². The van der Waals surface area contributed by atoms with E-state index in [1.54, 1.807) is 25.3 Å². The summed E-state index contributed by atoms with van der Waals surface area (Å²) >= 11 is 5.88. The number of carbonyl (C=O) groups excluding carboxylic acids is 2. The third-order valence-corrected chi connectivity index (χ3v) is 2.40. The van der Waals surface area contributed by atoms with Crippen LogP contribution in [0.3, 0.4) is 0 Å². The third-order valence-electron chi connectivity index (χ3n) is 2.10. The van der Waals surface area contributed by atoms with Crippen LogP contribution in [-0.2, 0) is 9.53 Å². The van der Waals surface area contributed by atoms with Crippen LogP contribution >= 0.6 is 11.6 Å². The van der Waals surface area contributed by atoms with Gasteiger partial charge in [0.1, 0.15) is 5.75 Å². The molecule has 0 bridgehead atoms. The Morgan fingerprint density at radius 3 is 2.94 bits per heavy atom. The second kappa shape index (κ2) is 7.68. The lowest BCUT2D eigenvalue weighted by Crippen LogP contribution is -2.31. The molecule has 0 aliphatic rings. The maximum absolute atomic E-state index is 11.4. The maximum Gasteiger partial charge on any atom is 0.258 e. The van der Waals surface area contributed by atoms with E-state index in [2.05, 4.69) is 5.32 Å². The summed E-state index contributed by atoms with van der Waals surface area (Å²) in [4.78, 5) is 22.2. The van der Waals surface area contributed by atoms with E-state index in [0.717, 1.165) is 0 Å². The molecule has 0 fully saturated rings. The molecule has 0 heterocycles. The van der Waals surface area contributed by atoms with Gasteiger partial charge in [0.25, 0.3) is 5.91 Å². The van der Waals surface area contributed by atoms with Crippen LogP contribution in [0.25, 0.3) is 0 Å². The zero-order valence-electron chi connectivity index (χ0n) is 9.94. The van der Waals surface area contributed by atoms with E-state index in [1.165, 1.54) is 0 Å². The van der Waals surface area contributed by atoms with Crippen LogP contribution in [-0.4, -0.2) is 39.1 Å². The number of nitrogens with one attached hydrogen (secondary N) is 1. The fraction of sp³-hybridized carbons (Fsp3) is 0.333. The topological polar surface area (TPSA) is 64.6 Å². The highest BCUT2D eigenvalue weighted by atomic mass is 35.5. The minimum absolute atomic E-state index is 0.200. The number of hydrogen-bond acceptors (Lipinski definition) is 4. The van der Waals surface area contributed by atoms with Crippen LogP contribution in [0.15, 0.2) is 18.2 Å². The number of rotatable bonds is 7. The van der Waals surface area contributed by atoms with Gasteiger partial charge in [-0.05, 0) is 12.1 Å². The Balaban J connectivity index is 2.53. The molecule has 0 saturated carbocycles. The van der Waals surface area contributed by atoms with E-state index in [4.69, 9.17) is 21.1 Å². The molecule has 0 unspecified atom stereocenters. The molecule has 0 aromatic heterocycles. The van der Waals surface area contributed by atoms with Crippen molar-refractivity contribution in [3.8, 4) is 5.75 Å². The Labute approximate surface area is 110 Å². The molecule has 1 aromatic rings. The highest BCUT2D eigenvalue weighted by Crippen LogP contribution is 2.27. The Bertz CT molecular complexity index is 423. The van der Waals surface area contributed by atoms with Crippen molar-refractivity contribution < 1.29 is 19.1 Å². The smallest absolute Gasteiger partial charge is 0.258 e. The molecule has 0 aliphatic heterocycles. The molecule has 1 amide bonds. The highest BCUT2D eigenvalue weighted by molar-refractivity contribution is 6.32. The fourth-order valence-corrected chi connectivity index (χ4v) is 1.49. The van der Waals surface area contributed by atoms with Gasteiger partial charge in [0.2, 0.25) is 0 Å². The van der Waals surface area contributed by atoms with Crippen molar-refractivity contribution in [3.63, 3.8) is 0 Å². The Morgan fingerprint density at radius 2 is 2.28 bits per heavy atom. The van der Waals surface area contributed by atoms with Gasteiger partial charge in [0, 0.05) is 13.7 Å². The monoisotopic (exact) mass is 271 g/mol. The summed E-state index contributed by atoms with van der Waals surface area (Å²) in [5, 5.41) is 2.89. The number of amides is 1. The van der Waals surface area contributed by atoms with Crippen LogP contribution < -0.4 is 10.1 Å². The van der Waals surface area contributed by atoms with Crippen molar-refractivity contribution in [2.24, 2.45) is 0 Å². The number of methoxy groups -OCH3 is 1. The molecule has 0 atom stereocenters. The summed E-state index contributed by atoms with van der Waals surface area (Å²) in [7, 11) is 1.54. The zero-order valence-corrected chi connectivity index (χ0v) is 10.7. The lowest BCUT2D eigenvalue weighted by Gasteiger charge is -2.10. The number of aldehydes is 1. The van der Waals surface area contributed by atoms with E-state index < -0.39 is 0 Å². The number of benzene rings is 1. The lowest BCUT2D eigenvalue weighted by atomic mass is 10.2. The standard InChI is InChI=1S/C12H14ClNO4/c1-17-6-5-14-11(16)8-18-12-9(7-15)3-2-4-10(12)13/h2-4,7H,5-6,8H2,1H3,(H,14,16). The van der Waals surface area contributed by atoms with E-state index in [-0.39, 0.29) is 18.3 Å². The predicted octanol–water partition coefficient (Wildman–Crippen LogP) is 1.29. The minimum atomic E-state index is -0.302. The number of para-hydroxylation sites is 1. The first-order chi connectivity index (χ1) is 8.69. The van der Waals surface area contributed by atoms with Crippen molar-refractivity contribution in [2.45, 2.75) is 0 Å². The maximum atomic E-state index is 11.4. The van der Waals surface area contributed by atoms with Crippen molar-refractivity contribution in [1.82, 2.24) is 5.32 Å². The van der Waals surface area contributed by atoms with Gasteiger partial charge >= 0.3 is 0 Å². The Morgan fingerprint density at radius 1 is 1.50 bits per heavy atom. The first-order valence-electron chi connectivity index (χ1n) is 5.31. The van der Waals surface area contributed by atoms with Gasteiger partial charge in [-0.2, -0.15) is 0 Å². The molecule has 0 saturated heterocycles. The lowest BCUT2D eigenvalue weighted by molar-refractivity contribution is -0.123. The van der Waals surface area contributed by atoms with Crippen LogP contribution in [0.2, 0.25) is 5.02 Å². The van der Waals surface area contributed by atoms with E-state index >= 15 is 0 Å². The Hall–Kier alpha value is -1.59. The second-order valence-electron chi connectivity index (χ2n) is 3.41. The summed E-state index contributed by atoms with van der Waals surface area (Å²) in [6.45, 7) is 0.632. The van der Waals surface area contributed by atoms with Crippen molar-refractivity contribution in [3.05, 3.63) is 28.8 Å².